The van der Waals surface area contributed by atoms with E-state index in [-0.39, 0.29) is 11.2 Å². The van der Waals surface area contributed by atoms with Gasteiger partial charge in [-0.3, -0.25) is 0 Å². The first-order valence-electron chi connectivity index (χ1n) is 8.15. The van der Waals surface area contributed by atoms with Crippen LogP contribution < -0.4 is 10.0 Å². The highest BCUT2D eigenvalue weighted by molar-refractivity contribution is 7.89. The van der Waals surface area contributed by atoms with Crippen LogP contribution >= 0.6 is 0 Å². The number of sulfonamides is 1. The molecule has 0 aromatic heterocycles. The highest BCUT2D eigenvalue weighted by atomic mass is 32.2. The van der Waals surface area contributed by atoms with Crippen molar-refractivity contribution < 1.29 is 8.42 Å². The summed E-state index contributed by atoms with van der Waals surface area (Å²) in [5, 5.41) is 3.30. The van der Waals surface area contributed by atoms with Crippen LogP contribution in [0, 0.1) is 5.41 Å². The predicted molar refractivity (Wildman–Crippen MR) is 85.4 cm³/mol. The monoisotopic (exact) mass is 304 g/mol. The van der Waals surface area contributed by atoms with Crippen molar-refractivity contribution in [3.63, 3.8) is 0 Å². The van der Waals surface area contributed by atoms with Crippen molar-refractivity contribution >= 4 is 10.0 Å². The molecule has 0 spiro atoms. The summed E-state index contributed by atoms with van der Waals surface area (Å²) in [5.74, 6) is 0.261. The van der Waals surface area contributed by atoms with Crippen LogP contribution in [-0.4, -0.2) is 33.8 Å². The Morgan fingerprint density at radius 1 is 1.05 bits per heavy atom. The van der Waals surface area contributed by atoms with Gasteiger partial charge in [0.25, 0.3) is 0 Å². The standard InChI is InChI=1S/C15H32N2O2S/c1-3-11-16-12-7-8-13-20(18,19)17-14-15(2)9-5-4-6-10-15/h16-17H,3-14H2,1-2H3. The molecular weight excluding hydrogens is 272 g/mol. The molecule has 0 atom stereocenters. The fraction of sp³-hybridized carbons (Fsp3) is 1.00. The summed E-state index contributed by atoms with van der Waals surface area (Å²) in [6.45, 7) is 6.89. The molecule has 2 N–H and O–H groups in total. The lowest BCUT2D eigenvalue weighted by molar-refractivity contribution is 0.219. The number of hydrogen-bond acceptors (Lipinski definition) is 3. The van der Waals surface area contributed by atoms with Gasteiger partial charge in [0.2, 0.25) is 10.0 Å². The highest BCUT2D eigenvalue weighted by Crippen LogP contribution is 2.35. The average molecular weight is 305 g/mol. The lowest BCUT2D eigenvalue weighted by Gasteiger charge is -2.33. The predicted octanol–water partition coefficient (Wildman–Crippen LogP) is 2.66. The Morgan fingerprint density at radius 3 is 2.40 bits per heavy atom. The van der Waals surface area contributed by atoms with E-state index in [4.69, 9.17) is 0 Å². The molecule has 120 valence electrons. The number of unbranched alkanes of at least 4 members (excludes halogenated alkanes) is 1. The summed E-state index contributed by atoms with van der Waals surface area (Å²) in [6.07, 6.45) is 8.86. The minimum Gasteiger partial charge on any atom is -0.317 e. The van der Waals surface area contributed by atoms with Crippen molar-refractivity contribution in [3.05, 3.63) is 0 Å². The molecule has 0 aliphatic heterocycles. The van der Waals surface area contributed by atoms with Gasteiger partial charge < -0.3 is 5.32 Å². The van der Waals surface area contributed by atoms with E-state index < -0.39 is 10.0 Å². The second kappa shape index (κ2) is 9.00. The van der Waals surface area contributed by atoms with Crippen molar-refractivity contribution in [1.82, 2.24) is 10.0 Å². The van der Waals surface area contributed by atoms with E-state index in [2.05, 4.69) is 23.9 Å². The molecule has 0 heterocycles. The van der Waals surface area contributed by atoms with Crippen LogP contribution in [0.3, 0.4) is 0 Å². The maximum Gasteiger partial charge on any atom is 0.211 e. The second-order valence-corrected chi connectivity index (χ2v) is 8.39. The van der Waals surface area contributed by atoms with Crippen LogP contribution in [0.25, 0.3) is 0 Å². The molecule has 0 unspecified atom stereocenters. The van der Waals surface area contributed by atoms with Crippen LogP contribution in [0.2, 0.25) is 0 Å². The Hall–Kier alpha value is -0.130. The van der Waals surface area contributed by atoms with Gasteiger partial charge in [0.15, 0.2) is 0 Å². The number of hydrogen-bond donors (Lipinski definition) is 2. The topological polar surface area (TPSA) is 58.2 Å². The Kier molecular flexibility index (Phi) is 8.07. The van der Waals surface area contributed by atoms with Crippen LogP contribution in [0.4, 0.5) is 0 Å². The third-order valence-corrected chi connectivity index (χ3v) is 5.63. The van der Waals surface area contributed by atoms with E-state index in [0.29, 0.717) is 6.54 Å². The van der Waals surface area contributed by atoms with Crippen LogP contribution in [0.1, 0.15) is 65.2 Å². The van der Waals surface area contributed by atoms with Gasteiger partial charge in [-0.05, 0) is 50.6 Å². The molecule has 0 amide bonds. The first-order chi connectivity index (χ1) is 9.47. The van der Waals surface area contributed by atoms with Crippen LogP contribution in [-0.2, 0) is 10.0 Å². The summed E-state index contributed by atoms with van der Waals surface area (Å²) in [6, 6.07) is 0. The Balaban J connectivity index is 2.17. The van der Waals surface area contributed by atoms with Crippen molar-refractivity contribution in [2.24, 2.45) is 5.41 Å². The van der Waals surface area contributed by atoms with Crippen molar-refractivity contribution in [3.8, 4) is 0 Å². The SMILES string of the molecule is CCCNCCCCS(=O)(=O)NCC1(C)CCCCC1. The Bertz CT molecular complexity index is 349. The van der Waals surface area contributed by atoms with Crippen molar-refractivity contribution in [1.29, 1.82) is 0 Å². The van der Waals surface area contributed by atoms with Gasteiger partial charge in [0.1, 0.15) is 0 Å². The van der Waals surface area contributed by atoms with Gasteiger partial charge in [-0.15, -0.1) is 0 Å². The Labute approximate surface area is 125 Å². The first kappa shape index (κ1) is 17.9. The minimum atomic E-state index is -3.09. The average Bonchev–Trinajstić information content (AvgIpc) is 2.42. The van der Waals surface area contributed by atoms with Gasteiger partial charge in [0.05, 0.1) is 5.75 Å². The second-order valence-electron chi connectivity index (χ2n) is 6.47. The molecule has 1 fully saturated rings. The quantitative estimate of drug-likeness (QED) is 0.610. The molecule has 0 saturated heterocycles. The summed E-state index contributed by atoms with van der Waals surface area (Å²) >= 11 is 0. The molecule has 5 heteroatoms. The van der Waals surface area contributed by atoms with Gasteiger partial charge in [-0.25, -0.2) is 13.1 Å². The molecule has 1 rings (SSSR count). The van der Waals surface area contributed by atoms with E-state index >= 15 is 0 Å². The van der Waals surface area contributed by atoms with Crippen molar-refractivity contribution in [2.45, 2.75) is 65.2 Å². The molecule has 4 nitrogen and oxygen atoms in total. The molecule has 0 aromatic carbocycles. The Morgan fingerprint density at radius 2 is 1.75 bits per heavy atom. The molecule has 0 aromatic rings. The lowest BCUT2D eigenvalue weighted by Crippen LogP contribution is -2.38. The minimum absolute atomic E-state index is 0.175. The lowest BCUT2D eigenvalue weighted by atomic mass is 9.76. The molecule has 1 saturated carbocycles. The van der Waals surface area contributed by atoms with Crippen LogP contribution in [0.5, 0.6) is 0 Å². The zero-order valence-corrected chi connectivity index (χ0v) is 14.0. The largest absolute Gasteiger partial charge is 0.317 e. The molecule has 0 bridgehead atoms. The normalized spacial score (nSPS) is 19.1. The van der Waals surface area contributed by atoms with Gasteiger partial charge in [-0.1, -0.05) is 33.1 Å². The highest BCUT2D eigenvalue weighted by Gasteiger charge is 2.28. The van der Waals surface area contributed by atoms with Crippen molar-refractivity contribution in [2.75, 3.05) is 25.4 Å². The van der Waals surface area contributed by atoms with E-state index in [0.717, 1.165) is 45.2 Å². The zero-order valence-electron chi connectivity index (χ0n) is 13.2. The summed E-state index contributed by atoms with van der Waals surface area (Å²) < 4.78 is 26.8. The first-order valence-corrected chi connectivity index (χ1v) is 9.81. The summed E-state index contributed by atoms with van der Waals surface area (Å²) in [7, 11) is -3.09. The third kappa shape index (κ3) is 7.60. The summed E-state index contributed by atoms with van der Waals surface area (Å²) in [4.78, 5) is 0. The van der Waals surface area contributed by atoms with Gasteiger partial charge in [0, 0.05) is 6.54 Å². The molecular formula is C15H32N2O2S. The number of nitrogens with one attached hydrogen (secondary N) is 2. The fourth-order valence-electron chi connectivity index (χ4n) is 2.78. The van der Waals surface area contributed by atoms with E-state index in [1.165, 1.54) is 19.3 Å². The molecule has 1 aliphatic rings. The molecule has 20 heavy (non-hydrogen) atoms. The third-order valence-electron chi connectivity index (χ3n) is 4.22. The van der Waals surface area contributed by atoms with E-state index in [9.17, 15) is 8.42 Å². The van der Waals surface area contributed by atoms with E-state index in [1.807, 2.05) is 0 Å². The van der Waals surface area contributed by atoms with Gasteiger partial charge >= 0.3 is 0 Å². The smallest absolute Gasteiger partial charge is 0.211 e. The maximum absolute atomic E-state index is 12.0. The molecule has 0 radical (unpaired) electrons. The fourth-order valence-corrected chi connectivity index (χ4v) is 4.08. The number of rotatable bonds is 10. The van der Waals surface area contributed by atoms with Crippen LogP contribution in [0.15, 0.2) is 0 Å². The maximum atomic E-state index is 12.0. The zero-order chi connectivity index (χ0) is 14.9. The van der Waals surface area contributed by atoms with Gasteiger partial charge in [-0.2, -0.15) is 0 Å². The molecule has 1 aliphatic carbocycles. The summed E-state index contributed by atoms with van der Waals surface area (Å²) in [5.41, 5.74) is 0.175. The van der Waals surface area contributed by atoms with E-state index in [1.54, 1.807) is 0 Å².